The summed E-state index contributed by atoms with van der Waals surface area (Å²) in [5.41, 5.74) is 1.43. The van der Waals surface area contributed by atoms with Gasteiger partial charge in [-0.3, -0.25) is 9.13 Å². The molecule has 0 aliphatic heterocycles. The molecule has 0 aliphatic carbocycles. The van der Waals surface area contributed by atoms with Gasteiger partial charge in [0, 0.05) is 12.1 Å². The van der Waals surface area contributed by atoms with Gasteiger partial charge < -0.3 is 5.11 Å². The summed E-state index contributed by atoms with van der Waals surface area (Å²) in [5, 5.41) is 9.95. The molecular weight excluding hydrogens is 228 g/mol. The van der Waals surface area contributed by atoms with Crippen molar-refractivity contribution in [2.24, 2.45) is 7.05 Å². The first kappa shape index (κ1) is 11.2. The Morgan fingerprint density at radius 3 is 2.75 bits per heavy atom. The number of halogens is 1. The highest BCUT2D eigenvalue weighted by Crippen LogP contribution is 2.18. The average molecular weight is 241 g/mol. The highest BCUT2D eigenvalue weighted by atomic mass is 35.5. The van der Waals surface area contributed by atoms with E-state index < -0.39 is 6.10 Å². The fourth-order valence-corrected chi connectivity index (χ4v) is 1.99. The monoisotopic (exact) mass is 240 g/mol. The second-order valence-electron chi connectivity index (χ2n) is 3.93. The summed E-state index contributed by atoms with van der Waals surface area (Å²) in [6.45, 7) is 1.94. The van der Waals surface area contributed by atoms with Crippen LogP contribution in [-0.4, -0.2) is 20.3 Å². The van der Waals surface area contributed by atoms with E-state index in [4.69, 9.17) is 11.6 Å². The molecule has 0 radical (unpaired) electrons. The predicted molar refractivity (Wildman–Crippen MR) is 63.9 cm³/mol. The van der Waals surface area contributed by atoms with Gasteiger partial charge in [0.1, 0.15) is 0 Å². The van der Waals surface area contributed by atoms with Crippen LogP contribution in [0.25, 0.3) is 11.0 Å². The van der Waals surface area contributed by atoms with E-state index in [2.05, 4.69) is 0 Å². The molecule has 1 heterocycles. The number of benzene rings is 1. The molecule has 5 heteroatoms. The summed E-state index contributed by atoms with van der Waals surface area (Å²) in [6, 6.07) is 5.28. The zero-order chi connectivity index (χ0) is 11.9. The van der Waals surface area contributed by atoms with Crippen LogP contribution in [0.5, 0.6) is 0 Å². The van der Waals surface area contributed by atoms with Crippen LogP contribution >= 0.6 is 11.6 Å². The van der Waals surface area contributed by atoms with Gasteiger partial charge in [0.05, 0.1) is 23.7 Å². The summed E-state index contributed by atoms with van der Waals surface area (Å²) in [7, 11) is 1.69. The van der Waals surface area contributed by atoms with Crippen LogP contribution in [0.2, 0.25) is 5.02 Å². The normalized spacial score (nSPS) is 13.2. The van der Waals surface area contributed by atoms with Crippen molar-refractivity contribution in [3.05, 3.63) is 33.7 Å². The van der Waals surface area contributed by atoms with Crippen molar-refractivity contribution >= 4 is 22.6 Å². The number of aryl methyl sites for hydroxylation is 1. The zero-order valence-electron chi connectivity index (χ0n) is 9.14. The largest absolute Gasteiger partial charge is 0.392 e. The van der Waals surface area contributed by atoms with E-state index in [0.717, 1.165) is 11.0 Å². The first-order chi connectivity index (χ1) is 7.50. The lowest BCUT2D eigenvalue weighted by Gasteiger charge is -2.05. The standard InChI is InChI=1S/C11H13ClN2O2/c1-7(15)6-14-9-4-3-8(12)5-10(9)13(2)11(14)16/h3-5,7,15H,6H2,1-2H3. The molecule has 4 nitrogen and oxygen atoms in total. The fraction of sp³-hybridized carbons (Fsp3) is 0.364. The number of aromatic nitrogens is 2. The molecule has 16 heavy (non-hydrogen) atoms. The third-order valence-corrected chi connectivity index (χ3v) is 2.79. The van der Waals surface area contributed by atoms with Crippen LogP contribution in [0, 0.1) is 0 Å². The molecule has 0 saturated heterocycles. The Kier molecular flexibility index (Phi) is 2.78. The summed E-state index contributed by atoms with van der Waals surface area (Å²) in [4.78, 5) is 11.9. The van der Waals surface area contributed by atoms with E-state index in [0.29, 0.717) is 5.02 Å². The van der Waals surface area contributed by atoms with E-state index in [1.54, 1.807) is 36.7 Å². The summed E-state index contributed by atoms with van der Waals surface area (Å²) in [6.07, 6.45) is -0.557. The molecule has 1 unspecified atom stereocenters. The molecule has 2 rings (SSSR count). The minimum absolute atomic E-state index is 0.141. The molecule has 0 amide bonds. The number of fused-ring (bicyclic) bond motifs is 1. The SMILES string of the molecule is CC(O)Cn1c(=O)n(C)c2cc(Cl)ccc21. The minimum atomic E-state index is -0.557. The van der Waals surface area contributed by atoms with E-state index in [1.165, 1.54) is 4.57 Å². The van der Waals surface area contributed by atoms with Gasteiger partial charge >= 0.3 is 5.69 Å². The fourth-order valence-electron chi connectivity index (χ4n) is 1.82. The molecule has 1 aromatic carbocycles. The van der Waals surface area contributed by atoms with Gasteiger partial charge in [0.2, 0.25) is 0 Å². The number of hydrogen-bond donors (Lipinski definition) is 1. The van der Waals surface area contributed by atoms with E-state index >= 15 is 0 Å². The lowest BCUT2D eigenvalue weighted by Crippen LogP contribution is -2.26. The number of hydrogen-bond acceptors (Lipinski definition) is 2. The quantitative estimate of drug-likeness (QED) is 0.862. The van der Waals surface area contributed by atoms with Gasteiger partial charge in [0.15, 0.2) is 0 Å². The third-order valence-electron chi connectivity index (χ3n) is 2.55. The van der Waals surface area contributed by atoms with Crippen LogP contribution in [-0.2, 0) is 13.6 Å². The van der Waals surface area contributed by atoms with Gasteiger partial charge in [-0.05, 0) is 25.1 Å². The molecule has 1 atom stereocenters. The maximum Gasteiger partial charge on any atom is 0.328 e. The molecular formula is C11H13ClN2O2. The smallest absolute Gasteiger partial charge is 0.328 e. The average Bonchev–Trinajstić information content (AvgIpc) is 2.43. The van der Waals surface area contributed by atoms with Gasteiger partial charge in [0.25, 0.3) is 0 Å². The summed E-state index contributed by atoms with van der Waals surface area (Å²) >= 11 is 5.88. The highest BCUT2D eigenvalue weighted by Gasteiger charge is 2.12. The first-order valence-electron chi connectivity index (χ1n) is 5.03. The number of aliphatic hydroxyl groups is 1. The van der Waals surface area contributed by atoms with Gasteiger partial charge in [-0.1, -0.05) is 11.6 Å². The number of imidazole rings is 1. The van der Waals surface area contributed by atoms with Gasteiger partial charge in [-0.2, -0.15) is 0 Å². The number of nitrogens with zero attached hydrogens (tertiary/aromatic N) is 2. The van der Waals surface area contributed by atoms with E-state index in [-0.39, 0.29) is 12.2 Å². The van der Waals surface area contributed by atoms with Crippen LogP contribution < -0.4 is 5.69 Å². The molecule has 0 aliphatic rings. The Morgan fingerprint density at radius 1 is 1.44 bits per heavy atom. The Bertz CT molecular complexity index is 583. The molecule has 0 bridgehead atoms. The van der Waals surface area contributed by atoms with Crippen molar-refractivity contribution in [2.75, 3.05) is 0 Å². The topological polar surface area (TPSA) is 47.2 Å². The van der Waals surface area contributed by atoms with E-state index in [9.17, 15) is 9.90 Å². The molecule has 1 N–H and O–H groups in total. The Balaban J connectivity index is 2.74. The molecule has 0 saturated carbocycles. The molecule has 0 spiro atoms. The molecule has 86 valence electrons. The highest BCUT2D eigenvalue weighted by molar-refractivity contribution is 6.31. The van der Waals surface area contributed by atoms with Gasteiger partial charge in [-0.15, -0.1) is 0 Å². The Hall–Kier alpha value is -1.26. The summed E-state index contributed by atoms with van der Waals surface area (Å²) < 4.78 is 3.08. The lowest BCUT2D eigenvalue weighted by molar-refractivity contribution is 0.173. The van der Waals surface area contributed by atoms with Crippen LogP contribution in [0.1, 0.15) is 6.92 Å². The number of rotatable bonds is 2. The number of aliphatic hydroxyl groups excluding tert-OH is 1. The minimum Gasteiger partial charge on any atom is -0.392 e. The van der Waals surface area contributed by atoms with Crippen molar-refractivity contribution in [3.63, 3.8) is 0 Å². The second-order valence-corrected chi connectivity index (χ2v) is 4.37. The first-order valence-corrected chi connectivity index (χ1v) is 5.41. The third kappa shape index (κ3) is 1.74. The molecule has 0 fully saturated rings. The van der Waals surface area contributed by atoms with Crippen molar-refractivity contribution in [1.82, 2.24) is 9.13 Å². The van der Waals surface area contributed by atoms with Crippen LogP contribution in [0.4, 0.5) is 0 Å². The summed E-state index contributed by atoms with van der Waals surface area (Å²) in [5.74, 6) is 0. The predicted octanol–water partition coefficient (Wildman–Crippen LogP) is 1.37. The maximum atomic E-state index is 11.9. The zero-order valence-corrected chi connectivity index (χ0v) is 9.90. The van der Waals surface area contributed by atoms with Crippen LogP contribution in [0.3, 0.4) is 0 Å². The van der Waals surface area contributed by atoms with Crippen molar-refractivity contribution in [2.45, 2.75) is 19.6 Å². The van der Waals surface area contributed by atoms with E-state index in [1.807, 2.05) is 0 Å². The molecule has 2 aromatic rings. The Labute approximate surface area is 97.7 Å². The van der Waals surface area contributed by atoms with Crippen molar-refractivity contribution in [1.29, 1.82) is 0 Å². The van der Waals surface area contributed by atoms with Crippen LogP contribution in [0.15, 0.2) is 23.0 Å². The van der Waals surface area contributed by atoms with Crippen molar-refractivity contribution < 1.29 is 5.11 Å². The Morgan fingerprint density at radius 2 is 2.12 bits per heavy atom. The second kappa shape index (κ2) is 3.96. The van der Waals surface area contributed by atoms with Crippen molar-refractivity contribution in [3.8, 4) is 0 Å². The van der Waals surface area contributed by atoms with Gasteiger partial charge in [-0.25, -0.2) is 4.79 Å². The molecule has 1 aromatic heterocycles. The lowest BCUT2D eigenvalue weighted by atomic mass is 10.3. The maximum absolute atomic E-state index is 11.9.